The molecule has 6 heteroatoms. The smallest absolute Gasteiger partial charge is 0.213 e. The number of aromatic amines is 1. The number of methoxy groups -OCH3 is 1. The number of hydrogen-bond donors (Lipinski definition) is 1. The number of H-pyrrole nitrogens is 1. The van der Waals surface area contributed by atoms with Gasteiger partial charge in [-0.1, -0.05) is 0 Å². The van der Waals surface area contributed by atoms with Crippen molar-refractivity contribution in [1.29, 1.82) is 0 Å². The zero-order valence-corrected chi connectivity index (χ0v) is 11.7. The normalized spacial score (nSPS) is 10.8. The van der Waals surface area contributed by atoms with E-state index < -0.39 is 0 Å². The fraction of sp³-hybridized carbons (Fsp3) is 0.0833. The van der Waals surface area contributed by atoms with Crippen molar-refractivity contribution in [2.75, 3.05) is 7.11 Å². The summed E-state index contributed by atoms with van der Waals surface area (Å²) in [5.41, 5.74) is 3.42. The Labute approximate surface area is 117 Å². The molecule has 3 rings (SSSR count). The van der Waals surface area contributed by atoms with Gasteiger partial charge in [0.2, 0.25) is 5.88 Å². The Morgan fingerprint density at radius 3 is 3.06 bits per heavy atom. The summed E-state index contributed by atoms with van der Waals surface area (Å²) in [7, 11) is 1.59. The number of nitrogens with one attached hydrogen (secondary N) is 1. The molecule has 0 aliphatic carbocycles. The summed E-state index contributed by atoms with van der Waals surface area (Å²) in [5, 5.41) is 0. The molecule has 0 aliphatic rings. The summed E-state index contributed by atoms with van der Waals surface area (Å²) in [6.07, 6.45) is 5.33. The Bertz CT molecular complexity index is 710. The molecule has 1 N–H and O–H groups in total. The lowest BCUT2D eigenvalue weighted by atomic mass is 10.2. The number of halogens is 1. The summed E-state index contributed by atoms with van der Waals surface area (Å²) in [5.74, 6) is 0.568. The predicted octanol–water partition coefficient (Wildman–Crippen LogP) is 2.63. The highest BCUT2D eigenvalue weighted by Crippen LogP contribution is 2.23. The van der Waals surface area contributed by atoms with Crippen molar-refractivity contribution >= 4 is 33.8 Å². The lowest BCUT2D eigenvalue weighted by Gasteiger charge is -2.03. The number of pyridine rings is 1. The largest absolute Gasteiger partial charge is 0.481 e. The highest BCUT2D eigenvalue weighted by Gasteiger charge is 2.07. The van der Waals surface area contributed by atoms with Crippen LogP contribution in [0.2, 0.25) is 0 Å². The van der Waals surface area contributed by atoms with Crippen molar-refractivity contribution in [3.05, 3.63) is 34.3 Å². The van der Waals surface area contributed by atoms with Gasteiger partial charge in [0.25, 0.3) is 0 Å². The first-order chi connectivity index (χ1) is 8.78. The monoisotopic (exact) mass is 352 g/mol. The van der Waals surface area contributed by atoms with Gasteiger partial charge in [-0.15, -0.1) is 0 Å². The van der Waals surface area contributed by atoms with Gasteiger partial charge in [0.05, 0.1) is 22.6 Å². The fourth-order valence-corrected chi connectivity index (χ4v) is 2.21. The van der Waals surface area contributed by atoms with Crippen LogP contribution in [0.15, 0.2) is 30.7 Å². The molecule has 0 aromatic carbocycles. The van der Waals surface area contributed by atoms with Crippen molar-refractivity contribution in [3.63, 3.8) is 0 Å². The van der Waals surface area contributed by atoms with Gasteiger partial charge >= 0.3 is 0 Å². The van der Waals surface area contributed by atoms with E-state index in [4.69, 9.17) is 4.74 Å². The summed E-state index contributed by atoms with van der Waals surface area (Å²) in [6.45, 7) is 0. The van der Waals surface area contributed by atoms with Crippen molar-refractivity contribution < 1.29 is 4.74 Å². The molecule has 0 saturated carbocycles. The summed E-state index contributed by atoms with van der Waals surface area (Å²) in [6, 6.07) is 3.73. The molecule has 0 saturated heterocycles. The van der Waals surface area contributed by atoms with Crippen LogP contribution < -0.4 is 4.74 Å². The molecule has 3 heterocycles. The van der Waals surface area contributed by atoms with Crippen molar-refractivity contribution in [1.82, 2.24) is 19.9 Å². The standard InChI is InChI=1S/C12H9IN4O/c1-18-10-4-7(2-3-14-10)9-6-16-12-11(17-9)8(13)5-15-12/h2-6H,1H3,(H,15,16). The number of hydrogen-bond acceptors (Lipinski definition) is 4. The number of nitrogens with zero attached hydrogens (tertiary/aromatic N) is 3. The molecule has 0 bridgehead atoms. The SMILES string of the molecule is COc1cc(-c2cnc3[nH]cc(I)c3n2)ccn1. The van der Waals surface area contributed by atoms with Crippen LogP contribution in [0.5, 0.6) is 5.88 Å². The van der Waals surface area contributed by atoms with E-state index in [0.29, 0.717) is 5.88 Å². The second kappa shape index (κ2) is 4.52. The van der Waals surface area contributed by atoms with Crippen LogP contribution >= 0.6 is 22.6 Å². The maximum absolute atomic E-state index is 5.11. The molecular formula is C12H9IN4O. The van der Waals surface area contributed by atoms with Gasteiger partial charge in [-0.2, -0.15) is 0 Å². The van der Waals surface area contributed by atoms with Crippen LogP contribution in [0.25, 0.3) is 22.4 Å². The highest BCUT2D eigenvalue weighted by molar-refractivity contribution is 14.1. The lowest BCUT2D eigenvalue weighted by Crippen LogP contribution is -1.91. The number of rotatable bonds is 2. The molecule has 0 unspecified atom stereocenters. The van der Waals surface area contributed by atoms with E-state index in [2.05, 4.69) is 42.5 Å². The van der Waals surface area contributed by atoms with Gasteiger partial charge in [-0.05, 0) is 28.7 Å². The first-order valence-corrected chi connectivity index (χ1v) is 6.36. The van der Waals surface area contributed by atoms with Gasteiger partial charge in [0, 0.05) is 24.0 Å². The van der Waals surface area contributed by atoms with Crippen LogP contribution in [0.3, 0.4) is 0 Å². The molecule has 3 aromatic heterocycles. The van der Waals surface area contributed by atoms with Gasteiger partial charge in [0.1, 0.15) is 5.52 Å². The number of fused-ring (bicyclic) bond motifs is 1. The first kappa shape index (κ1) is 11.4. The molecule has 0 spiro atoms. The zero-order chi connectivity index (χ0) is 12.5. The third kappa shape index (κ3) is 1.92. The summed E-state index contributed by atoms with van der Waals surface area (Å²) < 4.78 is 6.16. The van der Waals surface area contributed by atoms with Crippen LogP contribution in [-0.4, -0.2) is 27.0 Å². The molecule has 3 aromatic rings. The van der Waals surface area contributed by atoms with E-state index in [-0.39, 0.29) is 0 Å². The molecule has 0 radical (unpaired) electrons. The zero-order valence-electron chi connectivity index (χ0n) is 9.51. The van der Waals surface area contributed by atoms with Crippen LogP contribution in [0.1, 0.15) is 0 Å². The van der Waals surface area contributed by atoms with Crippen LogP contribution in [-0.2, 0) is 0 Å². The van der Waals surface area contributed by atoms with E-state index in [9.17, 15) is 0 Å². The Balaban J connectivity index is 2.15. The second-order valence-corrected chi connectivity index (χ2v) is 4.84. The average Bonchev–Trinajstić information content (AvgIpc) is 2.80. The van der Waals surface area contributed by atoms with Gasteiger partial charge in [0.15, 0.2) is 5.65 Å². The minimum absolute atomic E-state index is 0.568. The Morgan fingerprint density at radius 1 is 1.33 bits per heavy atom. The quantitative estimate of drug-likeness (QED) is 0.721. The van der Waals surface area contributed by atoms with Crippen molar-refractivity contribution in [3.8, 4) is 17.1 Å². The molecule has 0 fully saturated rings. The van der Waals surface area contributed by atoms with Crippen LogP contribution in [0.4, 0.5) is 0 Å². The van der Waals surface area contributed by atoms with Crippen LogP contribution in [0, 0.1) is 3.57 Å². The van der Waals surface area contributed by atoms with Crippen molar-refractivity contribution in [2.24, 2.45) is 0 Å². The lowest BCUT2D eigenvalue weighted by molar-refractivity contribution is 0.398. The molecule has 0 atom stereocenters. The third-order valence-electron chi connectivity index (χ3n) is 2.57. The molecule has 5 nitrogen and oxygen atoms in total. The third-order valence-corrected chi connectivity index (χ3v) is 3.40. The van der Waals surface area contributed by atoms with E-state index in [0.717, 1.165) is 26.0 Å². The Morgan fingerprint density at radius 2 is 2.22 bits per heavy atom. The van der Waals surface area contributed by atoms with Gasteiger partial charge in [-0.25, -0.2) is 15.0 Å². The Hall–Kier alpha value is -1.70. The van der Waals surface area contributed by atoms with E-state index >= 15 is 0 Å². The minimum atomic E-state index is 0.568. The topological polar surface area (TPSA) is 63.7 Å². The maximum Gasteiger partial charge on any atom is 0.213 e. The number of ether oxygens (including phenoxy) is 1. The summed E-state index contributed by atoms with van der Waals surface area (Å²) in [4.78, 5) is 16.1. The second-order valence-electron chi connectivity index (χ2n) is 3.68. The molecule has 0 amide bonds. The summed E-state index contributed by atoms with van der Waals surface area (Å²) >= 11 is 2.23. The van der Waals surface area contributed by atoms with E-state index in [1.165, 1.54) is 0 Å². The molecular weight excluding hydrogens is 343 g/mol. The predicted molar refractivity (Wildman–Crippen MR) is 76.4 cm³/mol. The van der Waals surface area contributed by atoms with E-state index in [1.54, 1.807) is 19.5 Å². The number of aromatic nitrogens is 4. The van der Waals surface area contributed by atoms with Crippen molar-refractivity contribution in [2.45, 2.75) is 0 Å². The Kier molecular flexibility index (Phi) is 2.86. The molecule has 90 valence electrons. The van der Waals surface area contributed by atoms with Gasteiger partial charge in [-0.3, -0.25) is 0 Å². The molecule has 18 heavy (non-hydrogen) atoms. The minimum Gasteiger partial charge on any atom is -0.481 e. The molecule has 0 aliphatic heterocycles. The highest BCUT2D eigenvalue weighted by atomic mass is 127. The van der Waals surface area contributed by atoms with Gasteiger partial charge < -0.3 is 9.72 Å². The fourth-order valence-electron chi connectivity index (χ4n) is 1.68. The first-order valence-electron chi connectivity index (χ1n) is 5.28. The average molecular weight is 352 g/mol. The maximum atomic E-state index is 5.11. The van der Waals surface area contributed by atoms with E-state index in [1.807, 2.05) is 18.3 Å².